The van der Waals surface area contributed by atoms with E-state index in [0.29, 0.717) is 16.5 Å². The van der Waals surface area contributed by atoms with Crippen molar-refractivity contribution in [2.45, 2.75) is 12.8 Å². The lowest BCUT2D eigenvalue weighted by Gasteiger charge is -1.91. The molecule has 0 amide bonds. The van der Waals surface area contributed by atoms with E-state index >= 15 is 0 Å². The van der Waals surface area contributed by atoms with Crippen LogP contribution in [0.3, 0.4) is 0 Å². The van der Waals surface area contributed by atoms with Gasteiger partial charge in [0.2, 0.25) is 0 Å². The van der Waals surface area contributed by atoms with Crippen molar-refractivity contribution in [3.05, 3.63) is 15.5 Å². The summed E-state index contributed by atoms with van der Waals surface area (Å²) in [7, 11) is 0. The van der Waals surface area contributed by atoms with Gasteiger partial charge in [-0.3, -0.25) is 4.79 Å². The van der Waals surface area contributed by atoms with Crippen LogP contribution >= 0.6 is 22.9 Å². The first-order valence-electron chi connectivity index (χ1n) is 2.93. The van der Waals surface area contributed by atoms with E-state index in [1.807, 2.05) is 0 Å². The normalized spacial score (nSPS) is 9.91. The Bertz CT molecular complexity index is 261. The topological polar surface area (TPSA) is 50.2 Å². The summed E-state index contributed by atoms with van der Waals surface area (Å²) in [6.07, 6.45) is 0.450. The van der Waals surface area contributed by atoms with E-state index in [4.69, 9.17) is 16.7 Å². The maximum Gasteiger partial charge on any atom is 0.303 e. The number of hydrogen-bond donors (Lipinski definition) is 1. The molecule has 3 nitrogen and oxygen atoms in total. The SMILES string of the molecule is O=C(O)CCc1n[c]sc1Cl. The van der Waals surface area contributed by atoms with Crippen LogP contribution in [0.5, 0.6) is 0 Å². The van der Waals surface area contributed by atoms with Crippen LogP contribution in [-0.2, 0) is 11.2 Å². The zero-order valence-corrected chi connectivity index (χ0v) is 7.08. The molecular weight excluding hydrogens is 186 g/mol. The highest BCUT2D eigenvalue weighted by molar-refractivity contribution is 7.13. The molecule has 1 aromatic heterocycles. The van der Waals surface area contributed by atoms with E-state index in [2.05, 4.69) is 10.5 Å². The predicted octanol–water partition coefficient (Wildman–Crippen LogP) is 1.61. The number of nitrogens with zero attached hydrogens (tertiary/aromatic N) is 1. The highest BCUT2D eigenvalue weighted by Crippen LogP contribution is 2.20. The number of carboxylic acid groups (broad SMARTS) is 1. The lowest BCUT2D eigenvalue weighted by Crippen LogP contribution is -1.97. The van der Waals surface area contributed by atoms with Crippen molar-refractivity contribution in [1.29, 1.82) is 0 Å². The van der Waals surface area contributed by atoms with Crippen molar-refractivity contribution in [1.82, 2.24) is 4.98 Å². The van der Waals surface area contributed by atoms with Crippen LogP contribution in [0, 0.1) is 5.51 Å². The van der Waals surface area contributed by atoms with Crippen LogP contribution in [0.2, 0.25) is 4.34 Å². The summed E-state index contributed by atoms with van der Waals surface area (Å²) in [6, 6.07) is 0. The minimum absolute atomic E-state index is 0.0668. The molecule has 0 unspecified atom stereocenters. The van der Waals surface area contributed by atoms with E-state index in [-0.39, 0.29) is 6.42 Å². The van der Waals surface area contributed by atoms with Crippen LogP contribution in [-0.4, -0.2) is 16.1 Å². The summed E-state index contributed by atoms with van der Waals surface area (Å²) in [4.78, 5) is 13.9. The van der Waals surface area contributed by atoms with Crippen LogP contribution in [0.1, 0.15) is 12.1 Å². The summed E-state index contributed by atoms with van der Waals surface area (Å²) < 4.78 is 0.534. The second-order valence-corrected chi connectivity index (χ2v) is 3.32. The number of rotatable bonds is 3. The van der Waals surface area contributed by atoms with E-state index < -0.39 is 5.97 Å². The standard InChI is InChI=1S/C6H5ClNO2S/c7-6-4(8-3-11-6)1-2-5(9)10/h1-2H2,(H,9,10). The van der Waals surface area contributed by atoms with E-state index in [9.17, 15) is 4.79 Å². The Balaban J connectivity index is 2.51. The number of carboxylic acids is 1. The second kappa shape index (κ2) is 3.69. The molecule has 0 atom stereocenters. The third-order valence-electron chi connectivity index (χ3n) is 1.12. The van der Waals surface area contributed by atoms with Gasteiger partial charge < -0.3 is 5.11 Å². The zero-order chi connectivity index (χ0) is 8.27. The molecule has 1 aromatic rings. The molecule has 59 valence electrons. The second-order valence-electron chi connectivity index (χ2n) is 1.92. The zero-order valence-electron chi connectivity index (χ0n) is 5.50. The largest absolute Gasteiger partial charge is 0.481 e. The molecule has 0 fully saturated rings. The van der Waals surface area contributed by atoms with Crippen LogP contribution in [0.4, 0.5) is 0 Å². The molecule has 0 aromatic carbocycles. The minimum atomic E-state index is -0.839. The summed E-state index contributed by atoms with van der Waals surface area (Å²) in [6.45, 7) is 0. The lowest BCUT2D eigenvalue weighted by atomic mass is 10.2. The first kappa shape index (κ1) is 8.49. The third-order valence-corrected chi connectivity index (χ3v) is 2.17. The van der Waals surface area contributed by atoms with Crippen molar-refractivity contribution in [3.8, 4) is 0 Å². The van der Waals surface area contributed by atoms with Gasteiger partial charge in [0.05, 0.1) is 12.1 Å². The molecule has 0 aliphatic carbocycles. The fourth-order valence-corrected chi connectivity index (χ4v) is 1.34. The monoisotopic (exact) mass is 190 g/mol. The lowest BCUT2D eigenvalue weighted by molar-refractivity contribution is -0.136. The molecule has 0 bridgehead atoms. The van der Waals surface area contributed by atoms with Crippen molar-refractivity contribution in [2.75, 3.05) is 0 Å². The molecular formula is C6H5ClNO2S. The Kier molecular flexibility index (Phi) is 2.84. The van der Waals surface area contributed by atoms with Crippen molar-refractivity contribution in [2.24, 2.45) is 0 Å². The quantitative estimate of drug-likeness (QED) is 0.788. The minimum Gasteiger partial charge on any atom is -0.481 e. The summed E-state index contributed by atoms with van der Waals surface area (Å²) in [5, 5.41) is 8.33. The Labute approximate surface area is 72.6 Å². The smallest absolute Gasteiger partial charge is 0.303 e. The first-order chi connectivity index (χ1) is 5.20. The Morgan fingerprint density at radius 2 is 2.55 bits per heavy atom. The molecule has 1 heterocycles. The molecule has 0 aliphatic heterocycles. The van der Waals surface area contributed by atoms with Gasteiger partial charge in [-0.15, -0.1) is 0 Å². The van der Waals surface area contributed by atoms with Gasteiger partial charge in [0, 0.05) is 6.42 Å². The molecule has 1 N–H and O–H groups in total. The number of aryl methyl sites for hydroxylation is 1. The van der Waals surface area contributed by atoms with Crippen molar-refractivity contribution < 1.29 is 9.90 Å². The van der Waals surface area contributed by atoms with Crippen molar-refractivity contribution in [3.63, 3.8) is 0 Å². The molecule has 1 radical (unpaired) electrons. The molecule has 11 heavy (non-hydrogen) atoms. The number of thiazole rings is 1. The Morgan fingerprint density at radius 3 is 3.00 bits per heavy atom. The fourth-order valence-electron chi connectivity index (χ4n) is 0.600. The summed E-state index contributed by atoms with van der Waals surface area (Å²) in [5.74, 6) is -0.839. The van der Waals surface area contributed by atoms with Gasteiger partial charge in [-0.1, -0.05) is 22.9 Å². The maximum atomic E-state index is 10.1. The maximum absolute atomic E-state index is 10.1. The molecule has 0 saturated carbocycles. The van der Waals surface area contributed by atoms with Gasteiger partial charge in [0.25, 0.3) is 0 Å². The fraction of sp³-hybridized carbons (Fsp3) is 0.333. The molecule has 5 heteroatoms. The van der Waals surface area contributed by atoms with Gasteiger partial charge >= 0.3 is 5.97 Å². The van der Waals surface area contributed by atoms with E-state index in [1.54, 1.807) is 0 Å². The molecule has 1 rings (SSSR count). The van der Waals surface area contributed by atoms with Gasteiger partial charge in [-0.2, -0.15) is 0 Å². The highest BCUT2D eigenvalue weighted by Gasteiger charge is 2.05. The Morgan fingerprint density at radius 1 is 1.82 bits per heavy atom. The van der Waals surface area contributed by atoms with Crippen LogP contribution in [0.15, 0.2) is 0 Å². The number of hydrogen-bond acceptors (Lipinski definition) is 3. The van der Waals surface area contributed by atoms with Gasteiger partial charge in [0.1, 0.15) is 4.34 Å². The summed E-state index contributed by atoms with van der Waals surface area (Å²) >= 11 is 6.85. The number of halogens is 1. The number of aliphatic carboxylic acids is 1. The molecule has 0 spiro atoms. The Hall–Kier alpha value is -0.610. The number of carbonyl (C=O) groups is 1. The van der Waals surface area contributed by atoms with Gasteiger partial charge in [-0.05, 0) is 0 Å². The average molecular weight is 191 g/mol. The van der Waals surface area contributed by atoms with Gasteiger partial charge in [-0.25, -0.2) is 4.98 Å². The van der Waals surface area contributed by atoms with Gasteiger partial charge in [0.15, 0.2) is 5.51 Å². The summed E-state index contributed by atoms with van der Waals surface area (Å²) in [5.41, 5.74) is 3.21. The number of aromatic nitrogens is 1. The average Bonchev–Trinajstić information content (AvgIpc) is 2.31. The van der Waals surface area contributed by atoms with E-state index in [1.165, 1.54) is 11.3 Å². The van der Waals surface area contributed by atoms with Crippen LogP contribution < -0.4 is 0 Å². The van der Waals surface area contributed by atoms with E-state index in [0.717, 1.165) is 0 Å². The first-order valence-corrected chi connectivity index (χ1v) is 4.12. The molecule has 0 aliphatic rings. The molecule has 0 saturated heterocycles. The third kappa shape index (κ3) is 2.48. The predicted molar refractivity (Wildman–Crippen MR) is 41.9 cm³/mol. The highest BCUT2D eigenvalue weighted by atomic mass is 35.5. The van der Waals surface area contributed by atoms with Crippen LogP contribution in [0.25, 0.3) is 0 Å². The van der Waals surface area contributed by atoms with Crippen molar-refractivity contribution >= 4 is 28.9 Å².